The van der Waals surface area contributed by atoms with Gasteiger partial charge in [0.25, 0.3) is 5.91 Å². The average molecular weight is 324 g/mol. The summed E-state index contributed by atoms with van der Waals surface area (Å²) in [5, 5.41) is 11.4. The summed E-state index contributed by atoms with van der Waals surface area (Å²) in [6.07, 6.45) is 0.425. The first-order valence-electron chi connectivity index (χ1n) is 6.64. The van der Waals surface area contributed by atoms with Crippen LogP contribution in [0.3, 0.4) is 0 Å². The van der Waals surface area contributed by atoms with Crippen LogP contribution in [-0.4, -0.2) is 45.6 Å². The van der Waals surface area contributed by atoms with Gasteiger partial charge in [0, 0.05) is 12.1 Å². The van der Waals surface area contributed by atoms with Gasteiger partial charge in [-0.15, -0.1) is 0 Å². The molecule has 1 fully saturated rings. The summed E-state index contributed by atoms with van der Waals surface area (Å²) in [7, 11) is -1.60. The first-order valence-corrected chi connectivity index (χ1v) is 8.46. The monoisotopic (exact) mass is 324 g/mol. The van der Waals surface area contributed by atoms with Crippen LogP contribution in [-0.2, 0) is 14.6 Å². The molecular weight excluding hydrogens is 308 g/mol. The third kappa shape index (κ3) is 4.11. The van der Waals surface area contributed by atoms with Crippen molar-refractivity contribution in [3.8, 4) is 17.6 Å². The zero-order valence-corrected chi connectivity index (χ0v) is 12.9. The van der Waals surface area contributed by atoms with Crippen molar-refractivity contribution in [3.05, 3.63) is 23.8 Å². The van der Waals surface area contributed by atoms with Crippen LogP contribution in [0, 0.1) is 11.3 Å². The second-order valence-electron chi connectivity index (χ2n) is 4.93. The minimum absolute atomic E-state index is 0.0288. The third-order valence-electron chi connectivity index (χ3n) is 3.25. The molecule has 2 rings (SSSR count). The standard InChI is InChI=1S/C14H16N2O5S/c1-20-13-6-10(7-15)2-3-12(13)21-8-14(17)16-11-4-5-22(18,19)9-11/h2-3,6,11H,4-5,8-9H2,1H3,(H,16,17)/t11-/m1/s1. The molecule has 0 radical (unpaired) electrons. The van der Waals surface area contributed by atoms with E-state index in [0.29, 0.717) is 23.5 Å². The Bertz CT molecular complexity index is 708. The predicted molar refractivity (Wildman–Crippen MR) is 78.4 cm³/mol. The highest BCUT2D eigenvalue weighted by molar-refractivity contribution is 7.91. The lowest BCUT2D eigenvalue weighted by Gasteiger charge is -2.13. The van der Waals surface area contributed by atoms with E-state index in [4.69, 9.17) is 14.7 Å². The Morgan fingerprint density at radius 2 is 2.23 bits per heavy atom. The van der Waals surface area contributed by atoms with Crippen molar-refractivity contribution < 1.29 is 22.7 Å². The van der Waals surface area contributed by atoms with E-state index in [1.165, 1.54) is 13.2 Å². The number of nitrogens with one attached hydrogen (secondary N) is 1. The highest BCUT2D eigenvalue weighted by atomic mass is 32.2. The largest absolute Gasteiger partial charge is 0.493 e. The van der Waals surface area contributed by atoms with Gasteiger partial charge in [-0.25, -0.2) is 8.42 Å². The van der Waals surface area contributed by atoms with Gasteiger partial charge < -0.3 is 14.8 Å². The van der Waals surface area contributed by atoms with E-state index in [2.05, 4.69) is 5.32 Å². The van der Waals surface area contributed by atoms with Gasteiger partial charge in [-0.05, 0) is 18.6 Å². The summed E-state index contributed by atoms with van der Waals surface area (Å²) in [4.78, 5) is 11.8. The second kappa shape index (κ2) is 6.66. The van der Waals surface area contributed by atoms with E-state index >= 15 is 0 Å². The normalized spacial score (nSPS) is 19.2. The molecule has 22 heavy (non-hydrogen) atoms. The molecule has 1 amide bonds. The summed E-state index contributed by atoms with van der Waals surface area (Å²) in [6.45, 7) is -0.251. The van der Waals surface area contributed by atoms with Crippen LogP contribution in [0.25, 0.3) is 0 Å². The van der Waals surface area contributed by atoms with Crippen LogP contribution in [0.5, 0.6) is 11.5 Å². The average Bonchev–Trinajstić information content (AvgIpc) is 2.83. The molecule has 0 unspecified atom stereocenters. The zero-order valence-electron chi connectivity index (χ0n) is 12.0. The number of amides is 1. The molecule has 1 aliphatic heterocycles. The van der Waals surface area contributed by atoms with Gasteiger partial charge in [0.05, 0.1) is 30.2 Å². The summed E-state index contributed by atoms with van der Waals surface area (Å²) in [5.74, 6) is 0.376. The number of carbonyl (C=O) groups is 1. The van der Waals surface area contributed by atoms with Crippen molar-refractivity contribution in [2.24, 2.45) is 0 Å². The number of nitriles is 1. The van der Waals surface area contributed by atoms with E-state index in [1.807, 2.05) is 6.07 Å². The number of methoxy groups -OCH3 is 1. The van der Waals surface area contributed by atoms with Crippen LogP contribution < -0.4 is 14.8 Å². The van der Waals surface area contributed by atoms with Crippen molar-refractivity contribution in [1.82, 2.24) is 5.32 Å². The number of rotatable bonds is 5. The van der Waals surface area contributed by atoms with Crippen LogP contribution in [0.1, 0.15) is 12.0 Å². The molecular formula is C14H16N2O5S. The number of carbonyl (C=O) groups excluding carboxylic acids is 1. The lowest BCUT2D eigenvalue weighted by atomic mass is 10.2. The SMILES string of the molecule is COc1cc(C#N)ccc1OCC(=O)N[C@@H]1CCS(=O)(=O)C1. The molecule has 118 valence electrons. The number of ether oxygens (including phenoxy) is 2. The first kappa shape index (κ1) is 16.1. The smallest absolute Gasteiger partial charge is 0.258 e. The van der Waals surface area contributed by atoms with Crippen LogP contribution in [0.15, 0.2) is 18.2 Å². The molecule has 0 aliphatic carbocycles. The molecule has 7 nitrogen and oxygen atoms in total. The van der Waals surface area contributed by atoms with E-state index in [1.54, 1.807) is 12.1 Å². The maximum Gasteiger partial charge on any atom is 0.258 e. The van der Waals surface area contributed by atoms with Gasteiger partial charge in [-0.1, -0.05) is 0 Å². The van der Waals surface area contributed by atoms with E-state index in [-0.39, 0.29) is 24.2 Å². The lowest BCUT2D eigenvalue weighted by Crippen LogP contribution is -2.38. The second-order valence-corrected chi connectivity index (χ2v) is 7.16. The topological polar surface area (TPSA) is 105 Å². The maximum absolute atomic E-state index is 11.8. The Balaban J connectivity index is 1.90. The number of sulfone groups is 1. The number of hydrogen-bond donors (Lipinski definition) is 1. The fourth-order valence-corrected chi connectivity index (χ4v) is 3.85. The van der Waals surface area contributed by atoms with Crippen molar-refractivity contribution in [3.63, 3.8) is 0 Å². The Labute approximate surface area is 128 Å². The van der Waals surface area contributed by atoms with Gasteiger partial charge in [0.15, 0.2) is 27.9 Å². The summed E-state index contributed by atoms with van der Waals surface area (Å²) < 4.78 is 33.1. The first-order chi connectivity index (χ1) is 10.4. The number of nitrogens with zero attached hydrogens (tertiary/aromatic N) is 1. The Morgan fingerprint density at radius 1 is 1.45 bits per heavy atom. The van der Waals surface area contributed by atoms with Crippen LogP contribution >= 0.6 is 0 Å². The molecule has 1 saturated heterocycles. The molecule has 0 aromatic heterocycles. The van der Waals surface area contributed by atoms with Gasteiger partial charge in [-0.3, -0.25) is 4.79 Å². The highest BCUT2D eigenvalue weighted by Crippen LogP contribution is 2.27. The summed E-state index contributed by atoms with van der Waals surface area (Å²) >= 11 is 0. The lowest BCUT2D eigenvalue weighted by molar-refractivity contribution is -0.123. The Kier molecular flexibility index (Phi) is 4.88. The third-order valence-corrected chi connectivity index (χ3v) is 5.02. The maximum atomic E-state index is 11.8. The number of hydrogen-bond acceptors (Lipinski definition) is 6. The van der Waals surface area contributed by atoms with Gasteiger partial charge >= 0.3 is 0 Å². The van der Waals surface area contributed by atoms with Crippen molar-refractivity contribution in [2.45, 2.75) is 12.5 Å². The molecule has 1 aliphatic rings. The van der Waals surface area contributed by atoms with Crippen molar-refractivity contribution >= 4 is 15.7 Å². The fourth-order valence-electron chi connectivity index (χ4n) is 2.18. The highest BCUT2D eigenvalue weighted by Gasteiger charge is 2.28. The molecule has 1 aromatic rings. The fraction of sp³-hybridized carbons (Fsp3) is 0.429. The van der Waals surface area contributed by atoms with Crippen molar-refractivity contribution in [2.75, 3.05) is 25.2 Å². The van der Waals surface area contributed by atoms with Crippen molar-refractivity contribution in [1.29, 1.82) is 5.26 Å². The van der Waals surface area contributed by atoms with Crippen LogP contribution in [0.4, 0.5) is 0 Å². The molecule has 1 atom stereocenters. The van der Waals surface area contributed by atoms with Gasteiger partial charge in [-0.2, -0.15) is 5.26 Å². The minimum atomic E-state index is -3.03. The molecule has 0 bridgehead atoms. The predicted octanol–water partition coefficient (Wildman–Crippen LogP) is 0.249. The molecule has 0 saturated carbocycles. The quantitative estimate of drug-likeness (QED) is 0.832. The van der Waals surface area contributed by atoms with E-state index in [9.17, 15) is 13.2 Å². The van der Waals surface area contributed by atoms with Gasteiger partial charge in [0.2, 0.25) is 0 Å². The van der Waals surface area contributed by atoms with E-state index in [0.717, 1.165) is 0 Å². The molecule has 8 heteroatoms. The Hall–Kier alpha value is -2.27. The Morgan fingerprint density at radius 3 is 2.82 bits per heavy atom. The molecule has 1 heterocycles. The minimum Gasteiger partial charge on any atom is -0.493 e. The molecule has 1 aromatic carbocycles. The summed E-state index contributed by atoms with van der Waals surface area (Å²) in [5.41, 5.74) is 0.421. The molecule has 0 spiro atoms. The molecule has 1 N–H and O–H groups in total. The summed E-state index contributed by atoms with van der Waals surface area (Å²) in [6, 6.07) is 6.23. The number of benzene rings is 1. The van der Waals surface area contributed by atoms with Crippen LogP contribution in [0.2, 0.25) is 0 Å². The van der Waals surface area contributed by atoms with E-state index < -0.39 is 15.7 Å². The van der Waals surface area contributed by atoms with Gasteiger partial charge in [0.1, 0.15) is 0 Å². The zero-order chi connectivity index (χ0) is 16.2.